The summed E-state index contributed by atoms with van der Waals surface area (Å²) in [7, 11) is 0. The Bertz CT molecular complexity index is 279. The lowest BCUT2D eigenvalue weighted by Gasteiger charge is -2.32. The first kappa shape index (κ1) is 13.6. The molecule has 2 rings (SSSR count). The summed E-state index contributed by atoms with van der Waals surface area (Å²) in [6.07, 6.45) is 6.13. The van der Waals surface area contributed by atoms with Crippen LogP contribution in [0.4, 0.5) is 4.79 Å². The van der Waals surface area contributed by atoms with Crippen molar-refractivity contribution in [3.63, 3.8) is 0 Å². The van der Waals surface area contributed by atoms with Crippen LogP contribution in [0, 0.1) is 5.92 Å². The quantitative estimate of drug-likeness (QED) is 0.704. The van der Waals surface area contributed by atoms with Crippen molar-refractivity contribution in [3.8, 4) is 0 Å². The first-order valence-corrected chi connectivity index (χ1v) is 7.05. The molecule has 1 aliphatic heterocycles. The van der Waals surface area contributed by atoms with E-state index < -0.39 is 18.3 Å². The lowest BCUT2D eigenvalue weighted by Crippen LogP contribution is -2.50. The van der Waals surface area contributed by atoms with E-state index in [2.05, 4.69) is 5.32 Å². The molecule has 18 heavy (non-hydrogen) atoms. The summed E-state index contributed by atoms with van der Waals surface area (Å²) in [5.74, 6) is 0.626. The SMILES string of the molecule is NC(CC1CCCCC1)C(O)[C@@H]1CCNC(=O)O1. The van der Waals surface area contributed by atoms with Crippen molar-refractivity contribution in [3.05, 3.63) is 0 Å². The fourth-order valence-corrected chi connectivity index (χ4v) is 3.02. The number of carbonyl (C=O) groups is 1. The molecule has 1 aliphatic carbocycles. The van der Waals surface area contributed by atoms with E-state index >= 15 is 0 Å². The summed E-state index contributed by atoms with van der Waals surface area (Å²) >= 11 is 0. The van der Waals surface area contributed by atoms with Crippen LogP contribution in [0.3, 0.4) is 0 Å². The predicted octanol–water partition coefficient (Wildman–Crippen LogP) is 1.14. The second-order valence-electron chi connectivity index (χ2n) is 5.55. The van der Waals surface area contributed by atoms with E-state index in [1.165, 1.54) is 32.1 Å². The van der Waals surface area contributed by atoms with Gasteiger partial charge in [0.25, 0.3) is 0 Å². The van der Waals surface area contributed by atoms with Crippen LogP contribution in [-0.4, -0.2) is 36.0 Å². The smallest absolute Gasteiger partial charge is 0.407 e. The van der Waals surface area contributed by atoms with Gasteiger partial charge in [0, 0.05) is 19.0 Å². The number of ether oxygens (including phenoxy) is 1. The molecular formula is C13H24N2O3. The van der Waals surface area contributed by atoms with Gasteiger partial charge in [-0.3, -0.25) is 0 Å². The first-order chi connectivity index (χ1) is 8.66. The number of nitrogens with one attached hydrogen (secondary N) is 1. The average molecular weight is 256 g/mol. The van der Waals surface area contributed by atoms with Gasteiger partial charge in [0.15, 0.2) is 0 Å². The molecule has 1 amide bonds. The minimum Gasteiger partial charge on any atom is -0.443 e. The number of alkyl carbamates (subject to hydrolysis) is 1. The molecule has 2 fully saturated rings. The molecule has 1 saturated carbocycles. The highest BCUT2D eigenvalue weighted by Gasteiger charge is 2.32. The summed E-state index contributed by atoms with van der Waals surface area (Å²) in [6, 6.07) is -0.288. The van der Waals surface area contributed by atoms with Gasteiger partial charge in [-0.25, -0.2) is 4.79 Å². The number of cyclic esters (lactones) is 1. The Labute approximate surface area is 108 Å². The molecule has 5 nitrogen and oxygen atoms in total. The summed E-state index contributed by atoms with van der Waals surface area (Å²) < 4.78 is 5.08. The Balaban J connectivity index is 1.79. The van der Waals surface area contributed by atoms with Crippen molar-refractivity contribution in [1.82, 2.24) is 5.32 Å². The van der Waals surface area contributed by atoms with Crippen LogP contribution in [0.1, 0.15) is 44.9 Å². The largest absolute Gasteiger partial charge is 0.443 e. The van der Waals surface area contributed by atoms with Gasteiger partial charge in [-0.1, -0.05) is 32.1 Å². The summed E-state index contributed by atoms with van der Waals surface area (Å²) in [5.41, 5.74) is 6.06. The molecule has 1 saturated heterocycles. The zero-order valence-electron chi connectivity index (χ0n) is 10.8. The number of rotatable bonds is 4. The van der Waals surface area contributed by atoms with Gasteiger partial charge in [-0.2, -0.15) is 0 Å². The maximum atomic E-state index is 11.1. The van der Waals surface area contributed by atoms with Crippen molar-refractivity contribution >= 4 is 6.09 Å². The molecule has 0 radical (unpaired) electrons. The van der Waals surface area contributed by atoms with Crippen molar-refractivity contribution < 1.29 is 14.6 Å². The lowest BCUT2D eigenvalue weighted by atomic mass is 9.83. The Morgan fingerprint density at radius 3 is 2.72 bits per heavy atom. The number of carbonyl (C=O) groups excluding carboxylic acids is 1. The summed E-state index contributed by atoms with van der Waals surface area (Å²) in [4.78, 5) is 11.1. The highest BCUT2D eigenvalue weighted by atomic mass is 16.6. The summed E-state index contributed by atoms with van der Waals surface area (Å²) in [6.45, 7) is 0.552. The van der Waals surface area contributed by atoms with Crippen molar-refractivity contribution in [2.45, 2.75) is 63.2 Å². The number of hydrogen-bond acceptors (Lipinski definition) is 4. The van der Waals surface area contributed by atoms with Crippen LogP contribution < -0.4 is 11.1 Å². The highest BCUT2D eigenvalue weighted by molar-refractivity contribution is 5.68. The molecule has 3 atom stereocenters. The predicted molar refractivity (Wildman–Crippen MR) is 68.1 cm³/mol. The fourth-order valence-electron chi connectivity index (χ4n) is 3.02. The van der Waals surface area contributed by atoms with Gasteiger partial charge in [-0.15, -0.1) is 0 Å². The van der Waals surface area contributed by atoms with E-state index in [0.717, 1.165) is 6.42 Å². The first-order valence-electron chi connectivity index (χ1n) is 7.05. The molecule has 2 unspecified atom stereocenters. The average Bonchev–Trinajstić information content (AvgIpc) is 2.39. The summed E-state index contributed by atoms with van der Waals surface area (Å²) in [5, 5.41) is 12.7. The van der Waals surface area contributed by atoms with Crippen LogP contribution in [-0.2, 0) is 4.74 Å². The van der Waals surface area contributed by atoms with E-state index in [-0.39, 0.29) is 6.04 Å². The van der Waals surface area contributed by atoms with E-state index in [4.69, 9.17) is 10.5 Å². The molecule has 0 aromatic rings. The molecule has 5 heteroatoms. The van der Waals surface area contributed by atoms with Crippen LogP contribution in [0.5, 0.6) is 0 Å². The van der Waals surface area contributed by atoms with Crippen LogP contribution in [0.2, 0.25) is 0 Å². The molecule has 4 N–H and O–H groups in total. The second-order valence-corrected chi connectivity index (χ2v) is 5.55. The number of amides is 1. The molecule has 0 spiro atoms. The minimum absolute atomic E-state index is 0.288. The number of hydrogen-bond donors (Lipinski definition) is 3. The number of aliphatic hydroxyl groups is 1. The molecule has 104 valence electrons. The Morgan fingerprint density at radius 2 is 2.06 bits per heavy atom. The lowest BCUT2D eigenvalue weighted by molar-refractivity contribution is -0.0281. The maximum Gasteiger partial charge on any atom is 0.407 e. The van der Waals surface area contributed by atoms with Gasteiger partial charge in [-0.05, 0) is 12.3 Å². The van der Waals surface area contributed by atoms with Gasteiger partial charge < -0.3 is 20.9 Å². The maximum absolute atomic E-state index is 11.1. The standard InChI is InChI=1S/C13H24N2O3/c14-10(8-9-4-2-1-3-5-9)12(16)11-6-7-15-13(17)18-11/h9-12,16H,1-8,14H2,(H,15,17)/t10?,11-,12?/m0/s1. The van der Waals surface area contributed by atoms with E-state index in [0.29, 0.717) is 18.9 Å². The van der Waals surface area contributed by atoms with Crippen molar-refractivity contribution in [2.75, 3.05) is 6.54 Å². The van der Waals surface area contributed by atoms with Gasteiger partial charge in [0.1, 0.15) is 12.2 Å². The van der Waals surface area contributed by atoms with E-state index in [1.807, 2.05) is 0 Å². The van der Waals surface area contributed by atoms with E-state index in [1.54, 1.807) is 0 Å². The minimum atomic E-state index is -0.738. The molecule has 0 aromatic heterocycles. The van der Waals surface area contributed by atoms with Gasteiger partial charge in [0.2, 0.25) is 0 Å². The molecule has 0 bridgehead atoms. The van der Waals surface area contributed by atoms with Crippen molar-refractivity contribution in [2.24, 2.45) is 11.7 Å². The number of aliphatic hydroxyl groups excluding tert-OH is 1. The fraction of sp³-hybridized carbons (Fsp3) is 0.923. The zero-order chi connectivity index (χ0) is 13.0. The number of nitrogens with two attached hydrogens (primary N) is 1. The Kier molecular flexibility index (Phi) is 4.83. The van der Waals surface area contributed by atoms with Crippen LogP contribution in [0.15, 0.2) is 0 Å². The topological polar surface area (TPSA) is 84.6 Å². The molecular weight excluding hydrogens is 232 g/mol. The monoisotopic (exact) mass is 256 g/mol. The third-order valence-electron chi connectivity index (χ3n) is 4.11. The Morgan fingerprint density at radius 1 is 1.33 bits per heavy atom. The van der Waals surface area contributed by atoms with Crippen molar-refractivity contribution in [1.29, 1.82) is 0 Å². The second kappa shape index (κ2) is 6.38. The van der Waals surface area contributed by atoms with Gasteiger partial charge >= 0.3 is 6.09 Å². The van der Waals surface area contributed by atoms with Crippen LogP contribution >= 0.6 is 0 Å². The molecule has 2 aliphatic rings. The third-order valence-corrected chi connectivity index (χ3v) is 4.11. The Hall–Kier alpha value is -0.810. The van der Waals surface area contributed by atoms with Crippen LogP contribution in [0.25, 0.3) is 0 Å². The normalized spacial score (nSPS) is 29.2. The zero-order valence-corrected chi connectivity index (χ0v) is 10.8. The third kappa shape index (κ3) is 3.59. The van der Waals surface area contributed by atoms with Gasteiger partial charge in [0.05, 0.1) is 0 Å². The highest BCUT2D eigenvalue weighted by Crippen LogP contribution is 2.28. The molecule has 1 heterocycles. The molecule has 0 aromatic carbocycles. The van der Waals surface area contributed by atoms with E-state index in [9.17, 15) is 9.90 Å².